The van der Waals surface area contributed by atoms with Gasteiger partial charge in [0.1, 0.15) is 0 Å². The molecule has 4 nitrogen and oxygen atoms in total. The molecular weight excluding hydrogens is 206 g/mol. The maximum atomic E-state index is 10.3. The molecule has 0 saturated carbocycles. The fraction of sp³-hybridized carbons (Fsp3) is 0.333. The van der Waals surface area contributed by atoms with E-state index < -0.39 is 5.97 Å². The van der Waals surface area contributed by atoms with Gasteiger partial charge in [-0.1, -0.05) is 6.07 Å². The van der Waals surface area contributed by atoms with E-state index in [9.17, 15) is 4.79 Å². The van der Waals surface area contributed by atoms with Gasteiger partial charge in [0.25, 0.3) is 0 Å². The average Bonchev–Trinajstić information content (AvgIpc) is 2.25. The number of hydrogen-bond acceptors (Lipinski definition) is 3. The second-order valence-electron chi connectivity index (χ2n) is 3.45. The molecule has 0 unspecified atom stereocenters. The molecule has 0 aliphatic rings. The second kappa shape index (κ2) is 6.74. The number of nitrogens with zero attached hydrogens (tertiary/aromatic N) is 1. The molecular formula is C12H15NO3. The molecule has 0 amide bonds. The smallest absolute Gasteiger partial charge is 0.328 e. The van der Waals surface area contributed by atoms with Crippen molar-refractivity contribution < 1.29 is 14.6 Å². The molecule has 0 aliphatic heterocycles. The minimum Gasteiger partial charge on any atom is -0.478 e. The lowest BCUT2D eigenvalue weighted by Crippen LogP contribution is -2.03. The quantitative estimate of drug-likeness (QED) is 0.586. The molecule has 0 bridgehead atoms. The lowest BCUT2D eigenvalue weighted by molar-refractivity contribution is -0.131. The molecule has 1 aromatic rings. The van der Waals surface area contributed by atoms with Crippen LogP contribution in [0.25, 0.3) is 0 Å². The summed E-state index contributed by atoms with van der Waals surface area (Å²) in [6.07, 6.45) is 3.63. The van der Waals surface area contributed by atoms with Gasteiger partial charge >= 0.3 is 5.97 Å². The van der Waals surface area contributed by atoms with Gasteiger partial charge in [0.05, 0.1) is 13.2 Å². The highest BCUT2D eigenvalue weighted by Gasteiger charge is 1.96. The largest absolute Gasteiger partial charge is 0.478 e. The minimum atomic E-state index is -0.939. The minimum absolute atomic E-state index is 0.346. The molecule has 0 aliphatic carbocycles. The maximum Gasteiger partial charge on any atom is 0.328 e. The summed E-state index contributed by atoms with van der Waals surface area (Å²) in [4.78, 5) is 14.5. The van der Waals surface area contributed by atoms with Gasteiger partial charge in [-0.15, -0.1) is 0 Å². The maximum absolute atomic E-state index is 10.3. The normalized spacial score (nSPS) is 11.4. The Labute approximate surface area is 94.6 Å². The van der Waals surface area contributed by atoms with Crippen LogP contribution in [0.1, 0.15) is 12.6 Å². The van der Waals surface area contributed by atoms with Gasteiger partial charge in [-0.3, -0.25) is 4.98 Å². The second-order valence-corrected chi connectivity index (χ2v) is 3.45. The molecule has 1 aromatic heterocycles. The van der Waals surface area contributed by atoms with Gasteiger partial charge in [0.15, 0.2) is 0 Å². The van der Waals surface area contributed by atoms with Gasteiger partial charge in [-0.05, 0) is 24.6 Å². The summed E-state index contributed by atoms with van der Waals surface area (Å²) in [5, 5.41) is 8.48. The molecule has 0 saturated heterocycles. The summed E-state index contributed by atoms with van der Waals surface area (Å²) >= 11 is 0. The Hall–Kier alpha value is -1.68. The summed E-state index contributed by atoms with van der Waals surface area (Å²) in [5.41, 5.74) is 1.68. The van der Waals surface area contributed by atoms with E-state index in [1.165, 1.54) is 0 Å². The van der Waals surface area contributed by atoms with Crippen molar-refractivity contribution >= 4 is 5.97 Å². The number of hydrogen-bond donors (Lipinski definition) is 1. The monoisotopic (exact) mass is 221 g/mol. The number of carbonyl (C=O) groups is 1. The molecule has 86 valence electrons. The van der Waals surface area contributed by atoms with Gasteiger partial charge in [0, 0.05) is 24.4 Å². The number of carboxylic acid groups (broad SMARTS) is 1. The topological polar surface area (TPSA) is 59.4 Å². The predicted molar refractivity (Wildman–Crippen MR) is 60.2 cm³/mol. The van der Waals surface area contributed by atoms with E-state index in [0.29, 0.717) is 18.8 Å². The number of rotatable bonds is 6. The Balaban J connectivity index is 2.20. The first-order chi connectivity index (χ1) is 7.68. The summed E-state index contributed by atoms with van der Waals surface area (Å²) in [7, 11) is 0. The summed E-state index contributed by atoms with van der Waals surface area (Å²) < 4.78 is 5.33. The van der Waals surface area contributed by atoms with Crippen molar-refractivity contribution in [3.05, 3.63) is 41.7 Å². The Kier molecular flexibility index (Phi) is 5.22. The third-order valence-electron chi connectivity index (χ3n) is 1.93. The van der Waals surface area contributed by atoms with Crippen LogP contribution in [0.4, 0.5) is 0 Å². The highest BCUT2D eigenvalue weighted by atomic mass is 16.5. The van der Waals surface area contributed by atoms with E-state index in [1.807, 2.05) is 18.2 Å². The van der Waals surface area contributed by atoms with Gasteiger partial charge in [-0.2, -0.15) is 0 Å². The molecule has 0 radical (unpaired) electrons. The van der Waals surface area contributed by atoms with Crippen LogP contribution in [0.5, 0.6) is 0 Å². The molecule has 0 aromatic carbocycles. The van der Waals surface area contributed by atoms with Crippen LogP contribution in [-0.4, -0.2) is 29.3 Å². The number of aliphatic carboxylic acids is 1. The fourth-order valence-electron chi connectivity index (χ4n) is 1.21. The van der Waals surface area contributed by atoms with Crippen molar-refractivity contribution in [2.45, 2.75) is 13.3 Å². The molecule has 1 rings (SSSR count). The molecule has 16 heavy (non-hydrogen) atoms. The highest BCUT2D eigenvalue weighted by Crippen LogP contribution is 1.97. The number of aromatic nitrogens is 1. The van der Waals surface area contributed by atoms with Crippen molar-refractivity contribution in [1.82, 2.24) is 4.98 Å². The third kappa shape index (κ3) is 5.26. The van der Waals surface area contributed by atoms with E-state index in [2.05, 4.69) is 4.98 Å². The van der Waals surface area contributed by atoms with E-state index in [4.69, 9.17) is 9.84 Å². The standard InChI is InChI=1S/C12H15NO3/c1-10(8-12(14)15)9-16-7-5-11-4-2-3-6-13-11/h2-4,6,8H,5,7,9H2,1H3,(H,14,15). The average molecular weight is 221 g/mol. The van der Waals surface area contributed by atoms with Crippen molar-refractivity contribution in [1.29, 1.82) is 0 Å². The molecule has 1 N–H and O–H groups in total. The lowest BCUT2D eigenvalue weighted by Gasteiger charge is -2.03. The molecule has 0 spiro atoms. The molecule has 4 heteroatoms. The van der Waals surface area contributed by atoms with Gasteiger partial charge in [-0.25, -0.2) is 4.79 Å². The first-order valence-corrected chi connectivity index (χ1v) is 5.06. The highest BCUT2D eigenvalue weighted by molar-refractivity contribution is 5.80. The Bertz CT molecular complexity index is 360. The van der Waals surface area contributed by atoms with Crippen LogP contribution in [0.2, 0.25) is 0 Å². The number of ether oxygens (including phenoxy) is 1. The van der Waals surface area contributed by atoms with Crippen LogP contribution >= 0.6 is 0 Å². The zero-order chi connectivity index (χ0) is 11.8. The fourth-order valence-corrected chi connectivity index (χ4v) is 1.21. The van der Waals surface area contributed by atoms with Gasteiger partial charge in [0.2, 0.25) is 0 Å². The van der Waals surface area contributed by atoms with E-state index in [0.717, 1.165) is 18.2 Å². The Morgan fingerprint density at radius 1 is 1.56 bits per heavy atom. The first-order valence-electron chi connectivity index (χ1n) is 5.06. The van der Waals surface area contributed by atoms with Crippen molar-refractivity contribution in [2.75, 3.05) is 13.2 Å². The third-order valence-corrected chi connectivity index (χ3v) is 1.93. The zero-order valence-electron chi connectivity index (χ0n) is 9.22. The van der Waals surface area contributed by atoms with Gasteiger partial charge < -0.3 is 9.84 Å². The summed E-state index contributed by atoms with van der Waals surface area (Å²) in [5.74, 6) is -0.939. The van der Waals surface area contributed by atoms with Crippen molar-refractivity contribution in [3.63, 3.8) is 0 Å². The molecule has 0 atom stereocenters. The van der Waals surface area contributed by atoms with E-state index in [-0.39, 0.29) is 0 Å². The molecule has 0 fully saturated rings. The van der Waals surface area contributed by atoms with Crippen molar-refractivity contribution in [3.8, 4) is 0 Å². The Morgan fingerprint density at radius 3 is 3.00 bits per heavy atom. The Morgan fingerprint density at radius 2 is 2.38 bits per heavy atom. The van der Waals surface area contributed by atoms with E-state index in [1.54, 1.807) is 13.1 Å². The predicted octanol–water partition coefficient (Wildman–Crippen LogP) is 1.67. The van der Waals surface area contributed by atoms with Crippen LogP contribution in [0.3, 0.4) is 0 Å². The zero-order valence-corrected chi connectivity index (χ0v) is 9.22. The number of pyridine rings is 1. The number of carboxylic acids is 1. The summed E-state index contributed by atoms with van der Waals surface area (Å²) in [6.45, 7) is 2.62. The lowest BCUT2D eigenvalue weighted by atomic mass is 10.3. The van der Waals surface area contributed by atoms with E-state index >= 15 is 0 Å². The SMILES string of the molecule is CC(=CC(=O)O)COCCc1ccccn1. The van der Waals surface area contributed by atoms with Crippen LogP contribution in [0, 0.1) is 0 Å². The van der Waals surface area contributed by atoms with Crippen LogP contribution < -0.4 is 0 Å². The van der Waals surface area contributed by atoms with Crippen LogP contribution in [0.15, 0.2) is 36.0 Å². The van der Waals surface area contributed by atoms with Crippen LogP contribution in [-0.2, 0) is 16.0 Å². The van der Waals surface area contributed by atoms with Crippen molar-refractivity contribution in [2.24, 2.45) is 0 Å². The first kappa shape index (κ1) is 12.4. The molecule has 1 heterocycles. The summed E-state index contributed by atoms with van der Waals surface area (Å²) in [6, 6.07) is 5.73.